The summed E-state index contributed by atoms with van der Waals surface area (Å²) >= 11 is 0. The van der Waals surface area contributed by atoms with E-state index in [1.54, 1.807) is 0 Å². The van der Waals surface area contributed by atoms with Gasteiger partial charge in [-0.25, -0.2) is 0 Å². The Bertz CT molecular complexity index is 264. The van der Waals surface area contributed by atoms with Crippen LogP contribution in [-0.4, -0.2) is 12.5 Å². The first-order valence-corrected chi connectivity index (χ1v) is 4.41. The fraction of sp³-hybridized carbons (Fsp3) is 0.778. The van der Waals surface area contributed by atoms with Crippen molar-refractivity contribution in [2.24, 2.45) is 17.3 Å². The molecule has 64 valence electrons. The van der Waals surface area contributed by atoms with Gasteiger partial charge in [-0.2, -0.15) is 5.26 Å². The van der Waals surface area contributed by atoms with Gasteiger partial charge in [0.25, 0.3) is 0 Å². The third-order valence-corrected chi connectivity index (χ3v) is 3.13. The average molecular weight is 164 g/mol. The Labute approximate surface area is 71.8 Å². The number of hydrogen-bond acceptors (Lipinski definition) is 2. The molecule has 12 heavy (non-hydrogen) atoms. The largest absolute Gasteiger partial charge is 0.354 e. The van der Waals surface area contributed by atoms with Gasteiger partial charge in [0, 0.05) is 12.5 Å². The van der Waals surface area contributed by atoms with E-state index in [4.69, 9.17) is 5.26 Å². The normalized spacial score (nSPS) is 40.7. The summed E-state index contributed by atoms with van der Waals surface area (Å²) in [6, 6.07) is 2.23. The van der Waals surface area contributed by atoms with Crippen molar-refractivity contribution in [3.8, 4) is 6.07 Å². The van der Waals surface area contributed by atoms with E-state index in [9.17, 15) is 4.79 Å². The molecule has 1 amide bonds. The van der Waals surface area contributed by atoms with Crippen molar-refractivity contribution >= 4 is 5.91 Å². The van der Waals surface area contributed by atoms with E-state index in [2.05, 4.69) is 11.4 Å². The number of carbonyl (C=O) groups is 1. The van der Waals surface area contributed by atoms with Crippen LogP contribution in [-0.2, 0) is 4.79 Å². The summed E-state index contributed by atoms with van der Waals surface area (Å²) in [6.45, 7) is 2.66. The van der Waals surface area contributed by atoms with Crippen LogP contribution in [0.4, 0.5) is 0 Å². The number of nitrogens with zero attached hydrogens (tertiary/aromatic N) is 1. The molecule has 1 aliphatic heterocycles. The van der Waals surface area contributed by atoms with E-state index < -0.39 is 5.41 Å². The first-order chi connectivity index (χ1) is 5.71. The molecule has 1 saturated carbocycles. The van der Waals surface area contributed by atoms with Crippen LogP contribution in [0.25, 0.3) is 0 Å². The predicted molar refractivity (Wildman–Crippen MR) is 42.9 cm³/mol. The number of nitriles is 1. The number of amides is 1. The van der Waals surface area contributed by atoms with Gasteiger partial charge in [0.2, 0.25) is 5.91 Å². The van der Waals surface area contributed by atoms with Crippen LogP contribution in [0.3, 0.4) is 0 Å². The van der Waals surface area contributed by atoms with Gasteiger partial charge < -0.3 is 5.32 Å². The molecule has 1 unspecified atom stereocenters. The van der Waals surface area contributed by atoms with Crippen molar-refractivity contribution in [1.82, 2.24) is 5.32 Å². The Morgan fingerprint density at radius 1 is 1.67 bits per heavy atom. The van der Waals surface area contributed by atoms with Gasteiger partial charge in [0.15, 0.2) is 0 Å². The molecule has 2 fully saturated rings. The topological polar surface area (TPSA) is 52.9 Å². The van der Waals surface area contributed by atoms with Crippen LogP contribution in [0.1, 0.15) is 19.8 Å². The summed E-state index contributed by atoms with van der Waals surface area (Å²) in [5, 5.41) is 11.8. The highest BCUT2D eigenvalue weighted by molar-refractivity contribution is 5.88. The third kappa shape index (κ3) is 0.726. The summed E-state index contributed by atoms with van der Waals surface area (Å²) < 4.78 is 0. The maximum Gasteiger partial charge on any atom is 0.241 e. The van der Waals surface area contributed by atoms with Crippen LogP contribution in [0, 0.1) is 28.6 Å². The molecular weight excluding hydrogens is 152 g/mol. The predicted octanol–water partition coefficient (Wildman–Crippen LogP) is 0.672. The van der Waals surface area contributed by atoms with Gasteiger partial charge in [-0.1, -0.05) is 6.92 Å². The zero-order valence-corrected chi connectivity index (χ0v) is 7.13. The molecule has 1 heterocycles. The molecule has 3 nitrogen and oxygen atoms in total. The van der Waals surface area contributed by atoms with E-state index in [1.165, 1.54) is 0 Å². The van der Waals surface area contributed by atoms with Crippen LogP contribution in [0.2, 0.25) is 0 Å². The lowest BCUT2D eigenvalue weighted by molar-refractivity contribution is -0.126. The summed E-state index contributed by atoms with van der Waals surface area (Å²) in [5.74, 6) is 0.475. The molecule has 2 rings (SSSR count). The van der Waals surface area contributed by atoms with Gasteiger partial charge in [-0.15, -0.1) is 0 Å². The van der Waals surface area contributed by atoms with Crippen molar-refractivity contribution in [2.75, 3.05) is 6.54 Å². The standard InChI is InChI=1S/C9H12N2O/c1-6-4-11-8(12)9(6,5-10)7-2-3-7/h6-7H,2-4H2,1H3,(H,11,12)/t6-,9?/m1/s1. The molecule has 0 bridgehead atoms. The maximum absolute atomic E-state index is 11.5. The van der Waals surface area contributed by atoms with Crippen molar-refractivity contribution in [2.45, 2.75) is 19.8 Å². The number of hydrogen-bond donors (Lipinski definition) is 1. The van der Waals surface area contributed by atoms with E-state index in [0.29, 0.717) is 12.5 Å². The molecule has 3 heteroatoms. The van der Waals surface area contributed by atoms with Gasteiger partial charge >= 0.3 is 0 Å². The summed E-state index contributed by atoms with van der Waals surface area (Å²) in [6.07, 6.45) is 2.09. The smallest absolute Gasteiger partial charge is 0.241 e. The van der Waals surface area contributed by atoms with E-state index in [-0.39, 0.29) is 11.8 Å². The second-order valence-corrected chi connectivity index (χ2v) is 3.87. The van der Waals surface area contributed by atoms with Crippen molar-refractivity contribution in [1.29, 1.82) is 5.26 Å². The molecule has 1 aliphatic carbocycles. The molecule has 0 radical (unpaired) electrons. The van der Waals surface area contributed by atoms with E-state index in [0.717, 1.165) is 12.8 Å². The third-order valence-electron chi connectivity index (χ3n) is 3.13. The number of carbonyl (C=O) groups excluding carboxylic acids is 1. The molecule has 2 atom stereocenters. The lowest BCUT2D eigenvalue weighted by Gasteiger charge is -2.21. The Kier molecular flexibility index (Phi) is 1.41. The molecule has 2 aliphatic rings. The molecule has 1 N–H and O–H groups in total. The minimum atomic E-state index is -0.681. The van der Waals surface area contributed by atoms with Crippen LogP contribution >= 0.6 is 0 Å². The Morgan fingerprint density at radius 3 is 2.67 bits per heavy atom. The molecule has 1 saturated heterocycles. The highest BCUT2D eigenvalue weighted by Crippen LogP contribution is 2.51. The van der Waals surface area contributed by atoms with E-state index >= 15 is 0 Å². The zero-order chi connectivity index (χ0) is 8.77. The number of nitrogens with one attached hydrogen (secondary N) is 1. The first kappa shape index (κ1) is 7.60. The lowest BCUT2D eigenvalue weighted by atomic mass is 9.75. The lowest BCUT2D eigenvalue weighted by Crippen LogP contribution is -2.34. The highest BCUT2D eigenvalue weighted by Gasteiger charge is 2.57. The molecule has 0 spiro atoms. The Balaban J connectivity index is 2.36. The monoisotopic (exact) mass is 164 g/mol. The number of rotatable bonds is 1. The van der Waals surface area contributed by atoms with Gasteiger partial charge in [0.1, 0.15) is 5.41 Å². The Morgan fingerprint density at radius 2 is 2.33 bits per heavy atom. The minimum absolute atomic E-state index is 0.0417. The summed E-state index contributed by atoms with van der Waals surface area (Å²) in [5.41, 5.74) is -0.681. The fourth-order valence-electron chi connectivity index (χ4n) is 2.16. The van der Waals surface area contributed by atoms with Crippen molar-refractivity contribution in [3.63, 3.8) is 0 Å². The maximum atomic E-state index is 11.5. The highest BCUT2D eigenvalue weighted by atomic mass is 16.2. The zero-order valence-electron chi connectivity index (χ0n) is 7.13. The van der Waals surface area contributed by atoms with Gasteiger partial charge in [0.05, 0.1) is 6.07 Å². The molecule has 0 aromatic rings. The van der Waals surface area contributed by atoms with Crippen molar-refractivity contribution in [3.05, 3.63) is 0 Å². The van der Waals surface area contributed by atoms with E-state index in [1.807, 2.05) is 6.92 Å². The molecule has 0 aromatic heterocycles. The second-order valence-electron chi connectivity index (χ2n) is 3.87. The van der Waals surface area contributed by atoms with Crippen molar-refractivity contribution < 1.29 is 4.79 Å². The average Bonchev–Trinajstić information content (AvgIpc) is 2.83. The van der Waals surface area contributed by atoms with Crippen LogP contribution < -0.4 is 5.32 Å². The molecule has 0 aromatic carbocycles. The van der Waals surface area contributed by atoms with Crippen LogP contribution in [0.5, 0.6) is 0 Å². The quantitative estimate of drug-likeness (QED) is 0.619. The van der Waals surface area contributed by atoms with Crippen LogP contribution in [0.15, 0.2) is 0 Å². The van der Waals surface area contributed by atoms with Gasteiger partial charge in [-0.3, -0.25) is 4.79 Å². The summed E-state index contributed by atoms with van der Waals surface area (Å²) in [4.78, 5) is 11.5. The van der Waals surface area contributed by atoms with Gasteiger partial charge in [-0.05, 0) is 18.8 Å². The minimum Gasteiger partial charge on any atom is -0.354 e. The second kappa shape index (κ2) is 2.22. The SMILES string of the molecule is C[C@@H]1CNC(=O)C1(C#N)C1CC1. The summed E-state index contributed by atoms with van der Waals surface area (Å²) in [7, 11) is 0. The Hall–Kier alpha value is -1.04. The first-order valence-electron chi connectivity index (χ1n) is 4.41. The molecular formula is C9H12N2O. The fourth-order valence-corrected chi connectivity index (χ4v) is 2.16.